The summed E-state index contributed by atoms with van der Waals surface area (Å²) in [6, 6.07) is 5.91. The Morgan fingerprint density at radius 3 is 2.84 bits per heavy atom. The highest BCUT2D eigenvalue weighted by atomic mass is 16.5. The molecule has 0 unspecified atom stereocenters. The van der Waals surface area contributed by atoms with Crippen LogP contribution in [0.5, 0.6) is 5.75 Å². The number of benzene rings is 1. The van der Waals surface area contributed by atoms with Gasteiger partial charge in [0.15, 0.2) is 6.61 Å². The summed E-state index contributed by atoms with van der Waals surface area (Å²) in [7, 11) is 0. The van der Waals surface area contributed by atoms with Gasteiger partial charge in [0, 0.05) is 17.4 Å². The molecule has 1 amide bonds. The SMILES string of the molecule is CC[NH+]1CCN(C(=O)COc2ccc3oc4c(c3c2)CCCC4)CC1. The molecule has 0 saturated carbocycles. The molecule has 25 heavy (non-hydrogen) atoms. The Bertz CT molecular complexity index is 760. The van der Waals surface area contributed by atoms with Crippen molar-refractivity contribution in [1.82, 2.24) is 4.90 Å². The van der Waals surface area contributed by atoms with Crippen molar-refractivity contribution in [3.8, 4) is 5.75 Å². The third kappa shape index (κ3) is 3.38. The minimum Gasteiger partial charge on any atom is -0.484 e. The molecule has 1 aromatic carbocycles. The maximum atomic E-state index is 12.4. The molecule has 2 aliphatic rings. The monoisotopic (exact) mass is 343 g/mol. The van der Waals surface area contributed by atoms with Crippen molar-refractivity contribution in [2.24, 2.45) is 0 Å². The Labute approximate surface area is 148 Å². The van der Waals surface area contributed by atoms with Gasteiger partial charge in [-0.2, -0.15) is 0 Å². The molecule has 1 aliphatic heterocycles. The molecule has 2 heterocycles. The largest absolute Gasteiger partial charge is 0.484 e. The van der Waals surface area contributed by atoms with Gasteiger partial charge in [-0.05, 0) is 44.4 Å². The lowest BCUT2D eigenvalue weighted by molar-refractivity contribution is -0.902. The molecule has 1 aromatic heterocycles. The number of hydrogen-bond acceptors (Lipinski definition) is 3. The van der Waals surface area contributed by atoms with Crippen molar-refractivity contribution in [3.63, 3.8) is 0 Å². The van der Waals surface area contributed by atoms with E-state index in [0.29, 0.717) is 0 Å². The summed E-state index contributed by atoms with van der Waals surface area (Å²) in [6.07, 6.45) is 4.54. The lowest BCUT2D eigenvalue weighted by Crippen LogP contribution is -3.14. The zero-order chi connectivity index (χ0) is 17.2. The maximum absolute atomic E-state index is 12.4. The number of furan rings is 1. The van der Waals surface area contributed by atoms with Crippen LogP contribution in [0.1, 0.15) is 31.1 Å². The lowest BCUT2D eigenvalue weighted by atomic mass is 9.96. The summed E-state index contributed by atoms with van der Waals surface area (Å²) < 4.78 is 11.8. The Hall–Kier alpha value is -2.01. The molecule has 1 saturated heterocycles. The number of nitrogens with one attached hydrogen (secondary N) is 1. The lowest BCUT2D eigenvalue weighted by Gasteiger charge is -2.31. The first kappa shape index (κ1) is 16.5. The molecule has 1 fully saturated rings. The van der Waals surface area contributed by atoms with E-state index in [4.69, 9.17) is 9.15 Å². The van der Waals surface area contributed by atoms with Crippen molar-refractivity contribution in [2.45, 2.75) is 32.6 Å². The molecule has 1 aliphatic carbocycles. The number of nitrogens with zero attached hydrogens (tertiary/aromatic N) is 1. The number of fused-ring (bicyclic) bond motifs is 3. The summed E-state index contributed by atoms with van der Waals surface area (Å²) in [5.41, 5.74) is 2.26. The number of amides is 1. The smallest absolute Gasteiger partial charge is 0.260 e. The minimum absolute atomic E-state index is 0.0875. The fraction of sp³-hybridized carbons (Fsp3) is 0.550. The average molecular weight is 343 g/mol. The Morgan fingerprint density at radius 1 is 1.24 bits per heavy atom. The number of aryl methyl sites for hydroxylation is 2. The van der Waals surface area contributed by atoms with Gasteiger partial charge in [-0.25, -0.2) is 0 Å². The third-order valence-corrected chi connectivity index (χ3v) is 5.61. The van der Waals surface area contributed by atoms with E-state index in [9.17, 15) is 4.79 Å². The van der Waals surface area contributed by atoms with Crippen LogP contribution in [0.3, 0.4) is 0 Å². The van der Waals surface area contributed by atoms with E-state index >= 15 is 0 Å². The Balaban J connectivity index is 1.40. The van der Waals surface area contributed by atoms with Crippen LogP contribution >= 0.6 is 0 Å². The van der Waals surface area contributed by atoms with E-state index in [2.05, 4.69) is 6.92 Å². The van der Waals surface area contributed by atoms with E-state index in [1.807, 2.05) is 23.1 Å². The fourth-order valence-electron chi connectivity index (χ4n) is 3.99. The van der Waals surface area contributed by atoms with Crippen molar-refractivity contribution in [2.75, 3.05) is 39.3 Å². The number of piperazine rings is 1. The molecule has 134 valence electrons. The van der Waals surface area contributed by atoms with E-state index in [1.54, 1.807) is 4.90 Å². The molecular formula is C20H27N2O3+. The molecule has 0 spiro atoms. The normalized spacial score (nSPS) is 18.4. The molecule has 1 N–H and O–H groups in total. The fourth-order valence-corrected chi connectivity index (χ4v) is 3.99. The van der Waals surface area contributed by atoms with Gasteiger partial charge in [-0.1, -0.05) is 0 Å². The molecule has 2 aromatic rings. The molecule has 0 bridgehead atoms. The highest BCUT2D eigenvalue weighted by Gasteiger charge is 2.23. The van der Waals surface area contributed by atoms with Crippen LogP contribution in [-0.2, 0) is 17.6 Å². The van der Waals surface area contributed by atoms with Gasteiger partial charge in [0.05, 0.1) is 32.7 Å². The molecule has 5 heteroatoms. The van der Waals surface area contributed by atoms with Crippen LogP contribution in [0.4, 0.5) is 0 Å². The first-order valence-electron chi connectivity index (χ1n) is 9.53. The van der Waals surface area contributed by atoms with Crippen molar-refractivity contribution >= 4 is 16.9 Å². The predicted octanol–water partition coefficient (Wildman–Crippen LogP) is 1.44. The number of hydrogen-bond donors (Lipinski definition) is 1. The quantitative estimate of drug-likeness (QED) is 0.914. The third-order valence-electron chi connectivity index (χ3n) is 5.61. The van der Waals surface area contributed by atoms with Gasteiger partial charge in [0.25, 0.3) is 5.91 Å². The average Bonchev–Trinajstić information content (AvgIpc) is 3.04. The van der Waals surface area contributed by atoms with Crippen LogP contribution in [0.25, 0.3) is 11.0 Å². The van der Waals surface area contributed by atoms with Crippen molar-refractivity contribution in [1.29, 1.82) is 0 Å². The summed E-state index contributed by atoms with van der Waals surface area (Å²) in [6.45, 7) is 7.19. The van der Waals surface area contributed by atoms with E-state index in [1.165, 1.54) is 18.4 Å². The standard InChI is InChI=1S/C20H26N2O3/c1-2-21-9-11-22(12-10-21)20(23)14-24-15-7-8-19-17(13-15)16-5-3-4-6-18(16)25-19/h7-8,13H,2-6,9-12,14H2,1H3/p+1. The van der Waals surface area contributed by atoms with Crippen LogP contribution in [-0.4, -0.2) is 50.1 Å². The highest BCUT2D eigenvalue weighted by Crippen LogP contribution is 2.33. The van der Waals surface area contributed by atoms with E-state index in [-0.39, 0.29) is 12.5 Å². The maximum Gasteiger partial charge on any atom is 0.260 e. The minimum atomic E-state index is 0.0875. The van der Waals surface area contributed by atoms with Gasteiger partial charge in [-0.3, -0.25) is 4.79 Å². The second-order valence-corrected chi connectivity index (χ2v) is 7.14. The van der Waals surface area contributed by atoms with Crippen LogP contribution in [0, 0.1) is 0 Å². The molecule has 0 atom stereocenters. The second kappa shape index (κ2) is 7.08. The van der Waals surface area contributed by atoms with Gasteiger partial charge in [-0.15, -0.1) is 0 Å². The van der Waals surface area contributed by atoms with E-state index in [0.717, 1.165) is 68.0 Å². The van der Waals surface area contributed by atoms with Crippen LogP contribution in [0.15, 0.2) is 22.6 Å². The summed E-state index contributed by atoms with van der Waals surface area (Å²) in [5, 5.41) is 1.15. The molecule has 5 nitrogen and oxygen atoms in total. The van der Waals surface area contributed by atoms with Gasteiger partial charge >= 0.3 is 0 Å². The highest BCUT2D eigenvalue weighted by molar-refractivity contribution is 5.84. The first-order chi connectivity index (χ1) is 12.2. The molecule has 0 radical (unpaired) electrons. The number of likely N-dealkylation sites (N-methyl/N-ethyl adjacent to an activating group) is 1. The van der Waals surface area contributed by atoms with Crippen LogP contribution in [0.2, 0.25) is 0 Å². The van der Waals surface area contributed by atoms with Gasteiger partial charge in [0.2, 0.25) is 0 Å². The topological polar surface area (TPSA) is 47.1 Å². The van der Waals surface area contributed by atoms with Gasteiger partial charge in [0.1, 0.15) is 17.1 Å². The second-order valence-electron chi connectivity index (χ2n) is 7.14. The predicted molar refractivity (Wildman–Crippen MR) is 96.2 cm³/mol. The number of rotatable bonds is 4. The Kier molecular flexibility index (Phi) is 4.66. The van der Waals surface area contributed by atoms with Gasteiger partial charge < -0.3 is 19.0 Å². The van der Waals surface area contributed by atoms with Crippen molar-refractivity contribution < 1.29 is 18.8 Å². The van der Waals surface area contributed by atoms with E-state index < -0.39 is 0 Å². The number of ether oxygens (including phenoxy) is 1. The Morgan fingerprint density at radius 2 is 2.04 bits per heavy atom. The van der Waals surface area contributed by atoms with Crippen LogP contribution < -0.4 is 9.64 Å². The summed E-state index contributed by atoms with van der Waals surface area (Å²) in [4.78, 5) is 15.9. The molecular weight excluding hydrogens is 316 g/mol. The first-order valence-corrected chi connectivity index (χ1v) is 9.53. The molecule has 4 rings (SSSR count). The number of quaternary nitrogens is 1. The number of carbonyl (C=O) groups excluding carboxylic acids is 1. The van der Waals surface area contributed by atoms with Crippen molar-refractivity contribution in [3.05, 3.63) is 29.5 Å². The number of carbonyl (C=O) groups is 1. The zero-order valence-electron chi connectivity index (χ0n) is 15.0. The summed E-state index contributed by atoms with van der Waals surface area (Å²) in [5.74, 6) is 1.98. The zero-order valence-corrected chi connectivity index (χ0v) is 15.0. The summed E-state index contributed by atoms with van der Waals surface area (Å²) >= 11 is 0.